The van der Waals surface area contributed by atoms with Gasteiger partial charge < -0.3 is 10.1 Å². The SMILES string of the molecule is Cc1ccc(NC(=O)Cn2c(=O)n(C[C@@H]3CCCO3)c(=O)c3sc4ncccc4c32)cc1Cl. The molecule has 0 radical (unpaired) electrons. The van der Waals surface area contributed by atoms with Crippen molar-refractivity contribution in [1.29, 1.82) is 0 Å². The van der Waals surface area contributed by atoms with Crippen LogP contribution >= 0.6 is 22.9 Å². The summed E-state index contributed by atoms with van der Waals surface area (Å²) in [4.78, 5) is 44.7. The monoisotopic (exact) mass is 484 g/mol. The minimum atomic E-state index is -0.538. The van der Waals surface area contributed by atoms with Crippen molar-refractivity contribution >= 4 is 55.0 Å². The molecule has 0 saturated carbocycles. The number of hydrogen-bond acceptors (Lipinski definition) is 6. The fraction of sp³-hybridized carbons (Fsp3) is 0.304. The molecule has 4 aromatic rings. The van der Waals surface area contributed by atoms with Gasteiger partial charge in [-0.15, -0.1) is 11.3 Å². The average molecular weight is 485 g/mol. The van der Waals surface area contributed by atoms with E-state index in [4.69, 9.17) is 16.3 Å². The van der Waals surface area contributed by atoms with Crippen LogP contribution in [0.1, 0.15) is 18.4 Å². The molecule has 4 heterocycles. The molecule has 1 amide bonds. The fourth-order valence-electron chi connectivity index (χ4n) is 4.10. The van der Waals surface area contributed by atoms with Gasteiger partial charge in [-0.25, -0.2) is 9.78 Å². The number of anilines is 1. The lowest BCUT2D eigenvalue weighted by Crippen LogP contribution is -2.43. The fourth-order valence-corrected chi connectivity index (χ4v) is 5.37. The number of rotatable bonds is 5. The van der Waals surface area contributed by atoms with Crippen LogP contribution in [-0.2, 0) is 22.6 Å². The summed E-state index contributed by atoms with van der Waals surface area (Å²) in [5, 5.41) is 3.99. The van der Waals surface area contributed by atoms with Gasteiger partial charge in [-0.1, -0.05) is 17.7 Å². The number of aromatic nitrogens is 3. The lowest BCUT2D eigenvalue weighted by Gasteiger charge is -2.15. The van der Waals surface area contributed by atoms with Crippen LogP contribution < -0.4 is 16.6 Å². The Kier molecular flexibility index (Phi) is 5.77. The first-order valence-corrected chi connectivity index (χ1v) is 11.8. The molecule has 0 unspecified atom stereocenters. The van der Waals surface area contributed by atoms with Crippen LogP contribution in [0.2, 0.25) is 5.02 Å². The number of aryl methyl sites for hydroxylation is 1. The summed E-state index contributed by atoms with van der Waals surface area (Å²) < 4.78 is 8.59. The number of hydrogen-bond donors (Lipinski definition) is 1. The van der Waals surface area contributed by atoms with Gasteiger partial charge in [-0.2, -0.15) is 0 Å². The van der Waals surface area contributed by atoms with Gasteiger partial charge in [0.1, 0.15) is 16.1 Å². The second-order valence-electron chi connectivity index (χ2n) is 8.07. The summed E-state index contributed by atoms with van der Waals surface area (Å²) in [5.41, 5.74) is 0.938. The Labute approximate surface area is 197 Å². The molecular formula is C23H21ClN4O4S. The number of carbonyl (C=O) groups is 1. The highest BCUT2D eigenvalue weighted by Crippen LogP contribution is 2.29. The van der Waals surface area contributed by atoms with Gasteiger partial charge in [0.25, 0.3) is 5.56 Å². The van der Waals surface area contributed by atoms with E-state index in [9.17, 15) is 14.4 Å². The summed E-state index contributed by atoms with van der Waals surface area (Å²) in [6.07, 6.45) is 3.12. The van der Waals surface area contributed by atoms with Gasteiger partial charge in [0.15, 0.2) is 0 Å². The van der Waals surface area contributed by atoms with E-state index in [0.717, 1.165) is 18.4 Å². The molecule has 5 rings (SSSR count). The van der Waals surface area contributed by atoms with Gasteiger partial charge >= 0.3 is 5.69 Å². The van der Waals surface area contributed by atoms with Gasteiger partial charge in [-0.3, -0.25) is 18.7 Å². The molecular weight excluding hydrogens is 464 g/mol. The first-order valence-electron chi connectivity index (χ1n) is 10.6. The number of halogens is 1. The number of amides is 1. The van der Waals surface area contributed by atoms with E-state index in [-0.39, 0.29) is 24.8 Å². The molecule has 1 saturated heterocycles. The molecule has 33 heavy (non-hydrogen) atoms. The molecule has 0 aliphatic carbocycles. The molecule has 0 spiro atoms. The summed E-state index contributed by atoms with van der Waals surface area (Å²) in [7, 11) is 0. The summed E-state index contributed by atoms with van der Waals surface area (Å²) in [6.45, 7) is 2.39. The lowest BCUT2D eigenvalue weighted by molar-refractivity contribution is -0.116. The number of nitrogens with one attached hydrogen (secondary N) is 1. The number of carbonyl (C=O) groups excluding carboxylic acids is 1. The highest BCUT2D eigenvalue weighted by molar-refractivity contribution is 7.25. The highest BCUT2D eigenvalue weighted by atomic mass is 35.5. The molecule has 170 valence electrons. The second-order valence-corrected chi connectivity index (χ2v) is 9.47. The van der Waals surface area contributed by atoms with Crippen molar-refractivity contribution in [2.75, 3.05) is 11.9 Å². The van der Waals surface area contributed by atoms with Gasteiger partial charge in [0.2, 0.25) is 5.91 Å². The molecule has 1 aliphatic heterocycles. The lowest BCUT2D eigenvalue weighted by atomic mass is 10.2. The first-order chi connectivity index (χ1) is 15.9. The zero-order valence-corrected chi connectivity index (χ0v) is 19.4. The Hall–Kier alpha value is -3.01. The van der Waals surface area contributed by atoms with E-state index in [1.165, 1.54) is 20.5 Å². The molecule has 10 heteroatoms. The number of nitrogens with zero attached hydrogens (tertiary/aromatic N) is 3. The van der Waals surface area contributed by atoms with E-state index < -0.39 is 11.6 Å². The van der Waals surface area contributed by atoms with Gasteiger partial charge in [-0.05, 0) is 49.6 Å². The highest BCUT2D eigenvalue weighted by Gasteiger charge is 2.24. The minimum absolute atomic E-state index is 0.157. The normalized spacial score (nSPS) is 16.0. The molecule has 0 bridgehead atoms. The Balaban J connectivity index is 1.60. The molecule has 1 aliphatic rings. The zero-order chi connectivity index (χ0) is 23.1. The van der Waals surface area contributed by atoms with Crippen molar-refractivity contribution in [3.63, 3.8) is 0 Å². The largest absolute Gasteiger partial charge is 0.376 e. The quantitative estimate of drug-likeness (QED) is 0.467. The second kappa shape index (κ2) is 8.74. The Morgan fingerprint density at radius 3 is 2.91 bits per heavy atom. The van der Waals surface area contributed by atoms with Crippen LogP contribution in [-0.4, -0.2) is 32.7 Å². The Bertz CT molecular complexity index is 1500. The van der Waals surface area contributed by atoms with E-state index in [1.807, 2.05) is 13.0 Å². The number of thiophene rings is 1. The van der Waals surface area contributed by atoms with Crippen molar-refractivity contribution in [2.45, 2.75) is 39.0 Å². The molecule has 8 nitrogen and oxygen atoms in total. The third kappa shape index (κ3) is 4.07. The van der Waals surface area contributed by atoms with Crippen LogP contribution in [0, 0.1) is 6.92 Å². The first kappa shape index (κ1) is 21.8. The maximum atomic E-state index is 13.5. The van der Waals surface area contributed by atoms with Crippen molar-refractivity contribution in [3.05, 3.63) is 68.0 Å². The van der Waals surface area contributed by atoms with Crippen LogP contribution in [0.25, 0.3) is 20.4 Å². The molecule has 1 fully saturated rings. The van der Waals surface area contributed by atoms with Crippen LogP contribution in [0.15, 0.2) is 46.1 Å². The van der Waals surface area contributed by atoms with Crippen molar-refractivity contribution in [2.24, 2.45) is 0 Å². The Morgan fingerprint density at radius 2 is 2.15 bits per heavy atom. The van der Waals surface area contributed by atoms with E-state index in [1.54, 1.807) is 30.5 Å². The topological polar surface area (TPSA) is 95.2 Å². The maximum Gasteiger partial charge on any atom is 0.332 e. The van der Waals surface area contributed by atoms with Crippen LogP contribution in [0.3, 0.4) is 0 Å². The number of ether oxygens (including phenoxy) is 1. The maximum absolute atomic E-state index is 13.5. The standard InChI is InChI=1S/C23H21ClN4O4S/c1-13-6-7-14(10-17(13)24)26-18(29)12-27-19-16-5-2-8-25-21(16)33-20(19)22(30)28(23(27)31)11-15-4-3-9-32-15/h2,5-8,10,15H,3-4,9,11-12H2,1H3,(H,26,29)/t15-/m0/s1. The van der Waals surface area contributed by atoms with Crippen molar-refractivity contribution in [1.82, 2.24) is 14.1 Å². The Morgan fingerprint density at radius 1 is 1.30 bits per heavy atom. The minimum Gasteiger partial charge on any atom is -0.376 e. The number of fused-ring (bicyclic) bond motifs is 3. The van der Waals surface area contributed by atoms with Crippen molar-refractivity contribution in [3.8, 4) is 0 Å². The average Bonchev–Trinajstić information content (AvgIpc) is 3.45. The number of benzene rings is 1. The van der Waals surface area contributed by atoms with E-state index >= 15 is 0 Å². The predicted molar refractivity (Wildman–Crippen MR) is 129 cm³/mol. The smallest absolute Gasteiger partial charge is 0.332 e. The van der Waals surface area contributed by atoms with E-state index in [0.29, 0.717) is 37.8 Å². The third-order valence-corrected chi connectivity index (χ3v) is 7.28. The van der Waals surface area contributed by atoms with Gasteiger partial charge in [0, 0.05) is 28.9 Å². The summed E-state index contributed by atoms with van der Waals surface area (Å²) >= 11 is 7.39. The molecule has 1 N–H and O–H groups in total. The van der Waals surface area contributed by atoms with Crippen molar-refractivity contribution < 1.29 is 9.53 Å². The zero-order valence-electron chi connectivity index (χ0n) is 17.8. The molecule has 1 atom stereocenters. The van der Waals surface area contributed by atoms with E-state index in [2.05, 4.69) is 10.3 Å². The summed E-state index contributed by atoms with van der Waals surface area (Å²) in [6, 6.07) is 8.77. The van der Waals surface area contributed by atoms with Gasteiger partial charge in [0.05, 0.1) is 18.2 Å². The summed E-state index contributed by atoms with van der Waals surface area (Å²) in [5.74, 6) is -0.399. The van der Waals surface area contributed by atoms with Crippen LogP contribution in [0.5, 0.6) is 0 Å². The number of pyridine rings is 1. The molecule has 1 aromatic carbocycles. The molecule has 3 aromatic heterocycles. The van der Waals surface area contributed by atoms with Crippen LogP contribution in [0.4, 0.5) is 5.69 Å². The third-order valence-electron chi connectivity index (χ3n) is 5.78. The predicted octanol–water partition coefficient (Wildman–Crippen LogP) is 3.55.